The summed E-state index contributed by atoms with van der Waals surface area (Å²) in [5.74, 6) is -0.0629. The Hall–Kier alpha value is -0.820. The summed E-state index contributed by atoms with van der Waals surface area (Å²) >= 11 is 3.05. The third kappa shape index (κ3) is 3.18. The molecule has 0 aromatic carbocycles. The van der Waals surface area contributed by atoms with Crippen LogP contribution in [0.3, 0.4) is 0 Å². The molecule has 0 radical (unpaired) electrons. The molecule has 2 N–H and O–H groups in total. The molecule has 1 saturated heterocycles. The lowest BCUT2D eigenvalue weighted by Crippen LogP contribution is -2.58. The first-order valence-corrected chi connectivity index (χ1v) is 7.92. The maximum Gasteiger partial charge on any atom is 0.419 e. The molecule has 3 rings (SSSR count). The molecule has 7 heteroatoms. The lowest BCUT2D eigenvalue weighted by atomic mass is 9.70. The summed E-state index contributed by atoms with van der Waals surface area (Å²) in [5, 5.41) is 6.53. The molecule has 1 unspecified atom stereocenters. The molecule has 0 bridgehead atoms. The lowest BCUT2D eigenvalue weighted by molar-refractivity contribution is -0.137. The van der Waals surface area contributed by atoms with Crippen LogP contribution in [-0.4, -0.2) is 23.1 Å². The van der Waals surface area contributed by atoms with E-state index in [4.69, 9.17) is 0 Å². The molecule has 0 amide bonds. The molecular formula is C14H17BrF3N3. The van der Waals surface area contributed by atoms with Gasteiger partial charge in [0, 0.05) is 22.3 Å². The molecule has 2 aliphatic rings. The van der Waals surface area contributed by atoms with Crippen molar-refractivity contribution < 1.29 is 13.2 Å². The number of nitrogens with zero attached hydrogens (tertiary/aromatic N) is 1. The fourth-order valence-electron chi connectivity index (χ4n) is 3.23. The van der Waals surface area contributed by atoms with Gasteiger partial charge < -0.3 is 10.6 Å². The van der Waals surface area contributed by atoms with Crippen LogP contribution in [0, 0.1) is 0 Å². The Morgan fingerprint density at radius 2 is 2.14 bits per heavy atom. The average molecular weight is 364 g/mol. The molecule has 1 spiro atoms. The Kier molecular flexibility index (Phi) is 3.90. The Morgan fingerprint density at radius 3 is 2.76 bits per heavy atom. The van der Waals surface area contributed by atoms with E-state index in [0.717, 1.165) is 38.3 Å². The third-order valence-corrected chi connectivity index (χ3v) is 4.87. The summed E-state index contributed by atoms with van der Waals surface area (Å²) in [6.45, 7) is 0.843. The van der Waals surface area contributed by atoms with E-state index in [0.29, 0.717) is 4.47 Å². The van der Waals surface area contributed by atoms with Crippen molar-refractivity contribution >= 4 is 21.7 Å². The number of anilines is 1. The third-order valence-electron chi connectivity index (χ3n) is 4.44. The Labute approximate surface area is 129 Å². The van der Waals surface area contributed by atoms with Crippen LogP contribution in [0.15, 0.2) is 16.7 Å². The van der Waals surface area contributed by atoms with Gasteiger partial charge in [-0.1, -0.05) is 0 Å². The summed E-state index contributed by atoms with van der Waals surface area (Å²) in [6.07, 6.45) is 2.11. The van der Waals surface area contributed by atoms with E-state index in [1.165, 1.54) is 12.6 Å². The van der Waals surface area contributed by atoms with E-state index < -0.39 is 11.7 Å². The van der Waals surface area contributed by atoms with Crippen molar-refractivity contribution in [2.75, 3.05) is 11.9 Å². The van der Waals surface area contributed by atoms with E-state index >= 15 is 0 Å². The van der Waals surface area contributed by atoms with Crippen molar-refractivity contribution in [3.63, 3.8) is 0 Å². The Balaban J connectivity index is 1.78. The summed E-state index contributed by atoms with van der Waals surface area (Å²) in [6, 6.07) is 1.12. The van der Waals surface area contributed by atoms with Gasteiger partial charge in [0.25, 0.3) is 0 Å². The molecule has 2 fully saturated rings. The summed E-state index contributed by atoms with van der Waals surface area (Å²) in [7, 11) is 0. The molecule has 116 valence electrons. The van der Waals surface area contributed by atoms with Crippen molar-refractivity contribution in [2.24, 2.45) is 0 Å². The van der Waals surface area contributed by atoms with Crippen LogP contribution in [0.1, 0.15) is 37.7 Å². The zero-order valence-electron chi connectivity index (χ0n) is 11.4. The van der Waals surface area contributed by atoms with Gasteiger partial charge in [0.15, 0.2) is 0 Å². The molecule has 1 aliphatic heterocycles. The van der Waals surface area contributed by atoms with E-state index in [9.17, 15) is 13.2 Å². The highest BCUT2D eigenvalue weighted by Crippen LogP contribution is 2.40. The summed E-state index contributed by atoms with van der Waals surface area (Å²) in [4.78, 5) is 3.93. The minimum Gasteiger partial charge on any atom is -0.367 e. The van der Waals surface area contributed by atoms with Crippen LogP contribution in [0.5, 0.6) is 0 Å². The quantitative estimate of drug-likeness (QED) is 0.835. The number of hydrogen-bond acceptors (Lipinski definition) is 3. The minimum atomic E-state index is -4.40. The van der Waals surface area contributed by atoms with E-state index in [1.807, 2.05) is 0 Å². The van der Waals surface area contributed by atoms with Gasteiger partial charge in [0.2, 0.25) is 0 Å². The monoisotopic (exact) mass is 363 g/mol. The highest BCUT2D eigenvalue weighted by atomic mass is 79.9. The molecule has 1 aromatic rings. The van der Waals surface area contributed by atoms with Crippen molar-refractivity contribution in [1.82, 2.24) is 10.3 Å². The summed E-state index contributed by atoms with van der Waals surface area (Å²) < 4.78 is 39.6. The number of hydrogen-bond donors (Lipinski definition) is 2. The average Bonchev–Trinajstić information content (AvgIpc) is 2.38. The van der Waals surface area contributed by atoms with Crippen LogP contribution in [-0.2, 0) is 6.18 Å². The molecule has 21 heavy (non-hydrogen) atoms. The zero-order chi connectivity index (χ0) is 15.1. The number of nitrogens with one attached hydrogen (secondary N) is 2. The molecule has 1 aromatic heterocycles. The fourth-order valence-corrected chi connectivity index (χ4v) is 3.56. The highest BCUT2D eigenvalue weighted by molar-refractivity contribution is 9.10. The predicted octanol–water partition coefficient (Wildman–Crippen LogP) is 3.95. The highest BCUT2D eigenvalue weighted by Gasteiger charge is 2.42. The van der Waals surface area contributed by atoms with Crippen molar-refractivity contribution in [3.8, 4) is 0 Å². The van der Waals surface area contributed by atoms with Gasteiger partial charge in [-0.15, -0.1) is 0 Å². The molecule has 1 atom stereocenters. The second-order valence-corrected chi connectivity index (χ2v) is 6.86. The molecule has 2 heterocycles. The van der Waals surface area contributed by atoms with Gasteiger partial charge in [-0.2, -0.15) is 13.2 Å². The summed E-state index contributed by atoms with van der Waals surface area (Å²) in [5.41, 5.74) is -0.568. The number of aromatic nitrogens is 1. The SMILES string of the molecule is FC(F)(F)c1cc(Br)cnc1NC1CCNC2(CCC2)C1. The van der Waals surface area contributed by atoms with E-state index in [1.54, 1.807) is 0 Å². The van der Waals surface area contributed by atoms with Crippen LogP contribution < -0.4 is 10.6 Å². The largest absolute Gasteiger partial charge is 0.419 e. The standard InChI is InChI=1S/C14H17BrF3N3/c15-9-6-11(14(16,17)18)12(19-8-9)21-10-2-5-20-13(7-10)3-1-4-13/h6,8,10,20H,1-5,7H2,(H,19,21). The van der Waals surface area contributed by atoms with Crippen LogP contribution in [0.4, 0.5) is 19.0 Å². The van der Waals surface area contributed by atoms with Crippen LogP contribution in [0.2, 0.25) is 0 Å². The van der Waals surface area contributed by atoms with Gasteiger partial charge in [-0.05, 0) is 60.6 Å². The number of rotatable bonds is 2. The van der Waals surface area contributed by atoms with Gasteiger partial charge in [0.1, 0.15) is 5.82 Å². The van der Waals surface area contributed by atoms with E-state index in [2.05, 4.69) is 31.5 Å². The first kappa shape index (κ1) is 15.1. The molecule has 1 saturated carbocycles. The molecular weight excluding hydrogens is 347 g/mol. The van der Waals surface area contributed by atoms with Gasteiger partial charge in [-0.3, -0.25) is 0 Å². The van der Waals surface area contributed by atoms with Gasteiger partial charge >= 0.3 is 6.18 Å². The Morgan fingerprint density at radius 1 is 1.38 bits per heavy atom. The van der Waals surface area contributed by atoms with Gasteiger partial charge in [0.05, 0.1) is 5.56 Å². The van der Waals surface area contributed by atoms with E-state index in [-0.39, 0.29) is 17.4 Å². The molecule has 1 aliphatic carbocycles. The second-order valence-electron chi connectivity index (χ2n) is 5.94. The van der Waals surface area contributed by atoms with Crippen molar-refractivity contribution in [1.29, 1.82) is 0 Å². The number of pyridine rings is 1. The van der Waals surface area contributed by atoms with Gasteiger partial charge in [-0.25, -0.2) is 4.98 Å². The predicted molar refractivity (Wildman–Crippen MR) is 78.2 cm³/mol. The molecule has 3 nitrogen and oxygen atoms in total. The normalized spacial score (nSPS) is 24.7. The number of alkyl halides is 3. The topological polar surface area (TPSA) is 37.0 Å². The van der Waals surface area contributed by atoms with Crippen LogP contribution in [0.25, 0.3) is 0 Å². The second kappa shape index (κ2) is 5.43. The maximum atomic E-state index is 13.1. The lowest BCUT2D eigenvalue weighted by Gasteiger charge is -2.48. The maximum absolute atomic E-state index is 13.1. The number of halogens is 4. The first-order valence-electron chi connectivity index (χ1n) is 7.12. The Bertz CT molecular complexity index is 529. The van der Waals surface area contributed by atoms with Crippen LogP contribution >= 0.6 is 15.9 Å². The first-order chi connectivity index (χ1) is 9.88. The fraction of sp³-hybridized carbons (Fsp3) is 0.643. The minimum absolute atomic E-state index is 0.0429. The zero-order valence-corrected chi connectivity index (χ0v) is 13.0. The number of piperidine rings is 1. The smallest absolute Gasteiger partial charge is 0.367 e. The van der Waals surface area contributed by atoms with Crippen molar-refractivity contribution in [3.05, 3.63) is 22.3 Å². The van der Waals surface area contributed by atoms with Crippen molar-refractivity contribution in [2.45, 2.75) is 49.9 Å².